The number of anilines is 1. The number of aliphatic carboxylic acids is 1. The van der Waals surface area contributed by atoms with Gasteiger partial charge in [-0.3, -0.25) is 9.59 Å². The van der Waals surface area contributed by atoms with E-state index < -0.39 is 17.8 Å². The van der Waals surface area contributed by atoms with Crippen LogP contribution < -0.4 is 14.8 Å². The van der Waals surface area contributed by atoms with E-state index in [9.17, 15) is 14.7 Å². The number of benzene rings is 1. The highest BCUT2D eigenvalue weighted by molar-refractivity contribution is 5.96. The number of fused-ring (bicyclic) bond motifs is 2. The summed E-state index contributed by atoms with van der Waals surface area (Å²) in [6, 6.07) is 5.12. The molecule has 0 radical (unpaired) electrons. The molecule has 1 amide bonds. The normalized spacial score (nSPS) is 28.4. The van der Waals surface area contributed by atoms with Crippen molar-refractivity contribution in [3.63, 3.8) is 0 Å². The molecule has 23 heavy (non-hydrogen) atoms. The van der Waals surface area contributed by atoms with Gasteiger partial charge in [0, 0.05) is 11.8 Å². The number of carbonyl (C=O) groups excluding carboxylic acids is 1. The van der Waals surface area contributed by atoms with E-state index in [1.165, 1.54) is 7.11 Å². The summed E-state index contributed by atoms with van der Waals surface area (Å²) in [5.74, 6) is -0.656. The molecule has 4 atom stereocenters. The maximum atomic E-state index is 12.6. The van der Waals surface area contributed by atoms with Crippen LogP contribution in [0.4, 0.5) is 5.69 Å². The van der Waals surface area contributed by atoms with E-state index in [1.807, 2.05) is 0 Å². The molecule has 0 aliphatic heterocycles. The van der Waals surface area contributed by atoms with Crippen molar-refractivity contribution in [1.29, 1.82) is 0 Å². The van der Waals surface area contributed by atoms with Crippen LogP contribution in [-0.2, 0) is 9.59 Å². The SMILES string of the molecule is COc1ccc(NC(=O)[C@@H]2[C@H]3CC[C@@H](C3)[C@H]2C(=O)O)cc1OC. The first-order chi connectivity index (χ1) is 11.0. The van der Waals surface area contributed by atoms with Crippen LogP contribution in [0.1, 0.15) is 19.3 Å². The number of amides is 1. The monoisotopic (exact) mass is 319 g/mol. The molecular weight excluding hydrogens is 298 g/mol. The van der Waals surface area contributed by atoms with Gasteiger partial charge in [0.05, 0.1) is 26.1 Å². The maximum Gasteiger partial charge on any atom is 0.307 e. The molecule has 1 aromatic rings. The van der Waals surface area contributed by atoms with Gasteiger partial charge in [0.2, 0.25) is 5.91 Å². The largest absolute Gasteiger partial charge is 0.493 e. The van der Waals surface area contributed by atoms with Gasteiger partial charge in [-0.05, 0) is 43.2 Å². The fourth-order valence-corrected chi connectivity index (χ4v) is 4.16. The second-order valence-electron chi connectivity index (χ2n) is 6.28. The molecule has 0 spiro atoms. The third-order valence-corrected chi connectivity index (χ3v) is 5.16. The lowest BCUT2D eigenvalue weighted by atomic mass is 9.78. The summed E-state index contributed by atoms with van der Waals surface area (Å²) in [6.45, 7) is 0. The number of nitrogens with one attached hydrogen (secondary N) is 1. The van der Waals surface area contributed by atoms with Crippen molar-refractivity contribution in [2.45, 2.75) is 19.3 Å². The third kappa shape index (κ3) is 2.73. The number of carboxylic acids is 1. The molecule has 1 aromatic carbocycles. The molecule has 124 valence electrons. The number of hydrogen-bond acceptors (Lipinski definition) is 4. The smallest absolute Gasteiger partial charge is 0.307 e. The molecule has 6 heteroatoms. The van der Waals surface area contributed by atoms with Crippen LogP contribution in [0.2, 0.25) is 0 Å². The van der Waals surface area contributed by atoms with Gasteiger partial charge in [-0.25, -0.2) is 0 Å². The lowest BCUT2D eigenvalue weighted by Crippen LogP contribution is -2.37. The van der Waals surface area contributed by atoms with Crippen molar-refractivity contribution < 1.29 is 24.2 Å². The first-order valence-electron chi connectivity index (χ1n) is 7.80. The van der Waals surface area contributed by atoms with Gasteiger partial charge in [0.25, 0.3) is 0 Å². The highest BCUT2D eigenvalue weighted by Gasteiger charge is 2.53. The Kier molecular flexibility index (Phi) is 4.15. The van der Waals surface area contributed by atoms with Gasteiger partial charge in [0.1, 0.15) is 0 Å². The first kappa shape index (κ1) is 15.6. The maximum absolute atomic E-state index is 12.6. The zero-order valence-electron chi connectivity index (χ0n) is 13.2. The van der Waals surface area contributed by atoms with Crippen LogP contribution in [0.15, 0.2) is 18.2 Å². The predicted octanol–water partition coefficient (Wildman–Crippen LogP) is 2.39. The molecule has 0 saturated heterocycles. The van der Waals surface area contributed by atoms with E-state index >= 15 is 0 Å². The summed E-state index contributed by atoms with van der Waals surface area (Å²) in [5, 5.41) is 12.3. The Balaban J connectivity index is 1.78. The Morgan fingerprint density at radius 1 is 1.09 bits per heavy atom. The van der Waals surface area contributed by atoms with Gasteiger partial charge in [-0.2, -0.15) is 0 Å². The van der Waals surface area contributed by atoms with Crippen molar-refractivity contribution in [2.24, 2.45) is 23.7 Å². The highest BCUT2D eigenvalue weighted by atomic mass is 16.5. The van der Waals surface area contributed by atoms with Crippen LogP contribution in [0.25, 0.3) is 0 Å². The molecule has 2 bridgehead atoms. The third-order valence-electron chi connectivity index (χ3n) is 5.16. The molecule has 2 aliphatic rings. The van der Waals surface area contributed by atoms with Crippen LogP contribution in [-0.4, -0.2) is 31.2 Å². The standard InChI is InChI=1S/C17H21NO5/c1-22-12-6-5-11(8-13(12)23-2)18-16(19)14-9-3-4-10(7-9)15(14)17(20)21/h5-6,8-10,14-15H,3-4,7H2,1-2H3,(H,18,19)(H,20,21)/t9-,10-,14+,15+/m0/s1. The second-order valence-corrected chi connectivity index (χ2v) is 6.28. The molecular formula is C17H21NO5. The van der Waals surface area contributed by atoms with Crippen molar-refractivity contribution >= 4 is 17.6 Å². The number of ether oxygens (including phenoxy) is 2. The van der Waals surface area contributed by atoms with Gasteiger partial charge < -0.3 is 19.9 Å². The van der Waals surface area contributed by atoms with E-state index in [0.29, 0.717) is 17.2 Å². The Bertz CT molecular complexity index is 629. The lowest BCUT2D eigenvalue weighted by Gasteiger charge is -2.27. The van der Waals surface area contributed by atoms with Crippen molar-refractivity contribution in [2.75, 3.05) is 19.5 Å². The number of hydrogen-bond donors (Lipinski definition) is 2. The highest BCUT2D eigenvalue weighted by Crippen LogP contribution is 2.52. The van der Waals surface area contributed by atoms with Crippen LogP contribution in [0.3, 0.4) is 0 Å². The summed E-state index contributed by atoms with van der Waals surface area (Å²) >= 11 is 0. The number of carboxylic acid groups (broad SMARTS) is 1. The Morgan fingerprint density at radius 2 is 1.74 bits per heavy atom. The zero-order chi connectivity index (χ0) is 16.6. The minimum Gasteiger partial charge on any atom is -0.493 e. The van der Waals surface area contributed by atoms with E-state index in [-0.39, 0.29) is 17.7 Å². The van der Waals surface area contributed by atoms with Crippen molar-refractivity contribution in [3.8, 4) is 11.5 Å². The van der Waals surface area contributed by atoms with Crippen LogP contribution in [0.5, 0.6) is 11.5 Å². The van der Waals surface area contributed by atoms with Crippen LogP contribution in [0, 0.1) is 23.7 Å². The molecule has 0 unspecified atom stereocenters. The predicted molar refractivity (Wildman–Crippen MR) is 83.6 cm³/mol. The van der Waals surface area contributed by atoms with Gasteiger partial charge >= 0.3 is 5.97 Å². The summed E-state index contributed by atoms with van der Waals surface area (Å²) in [4.78, 5) is 24.2. The summed E-state index contributed by atoms with van der Waals surface area (Å²) in [6.07, 6.45) is 2.71. The summed E-state index contributed by atoms with van der Waals surface area (Å²) < 4.78 is 10.4. The van der Waals surface area contributed by atoms with E-state index in [0.717, 1.165) is 19.3 Å². The Labute approximate surface area is 134 Å². The van der Waals surface area contributed by atoms with E-state index in [2.05, 4.69) is 5.32 Å². The molecule has 2 N–H and O–H groups in total. The number of methoxy groups -OCH3 is 2. The minimum absolute atomic E-state index is 0.138. The topological polar surface area (TPSA) is 84.9 Å². The average molecular weight is 319 g/mol. The van der Waals surface area contributed by atoms with Crippen molar-refractivity contribution in [3.05, 3.63) is 18.2 Å². The average Bonchev–Trinajstić information content (AvgIpc) is 3.15. The lowest BCUT2D eigenvalue weighted by molar-refractivity contribution is -0.148. The summed E-state index contributed by atoms with van der Waals surface area (Å²) in [7, 11) is 3.07. The fourth-order valence-electron chi connectivity index (χ4n) is 4.16. The molecule has 2 saturated carbocycles. The first-order valence-corrected chi connectivity index (χ1v) is 7.80. The number of carbonyl (C=O) groups is 2. The molecule has 0 aromatic heterocycles. The van der Waals surface area contributed by atoms with Crippen LogP contribution >= 0.6 is 0 Å². The molecule has 2 fully saturated rings. The van der Waals surface area contributed by atoms with Gasteiger partial charge in [-0.1, -0.05) is 0 Å². The van der Waals surface area contributed by atoms with Gasteiger partial charge in [0.15, 0.2) is 11.5 Å². The quantitative estimate of drug-likeness (QED) is 0.870. The number of rotatable bonds is 5. The van der Waals surface area contributed by atoms with Crippen molar-refractivity contribution in [1.82, 2.24) is 0 Å². The molecule has 6 nitrogen and oxygen atoms in total. The van der Waals surface area contributed by atoms with E-state index in [1.54, 1.807) is 25.3 Å². The second kappa shape index (κ2) is 6.10. The van der Waals surface area contributed by atoms with Gasteiger partial charge in [-0.15, -0.1) is 0 Å². The molecule has 2 aliphatic carbocycles. The minimum atomic E-state index is -0.857. The fraction of sp³-hybridized carbons (Fsp3) is 0.529. The molecule has 3 rings (SSSR count). The van der Waals surface area contributed by atoms with E-state index in [4.69, 9.17) is 9.47 Å². The zero-order valence-corrected chi connectivity index (χ0v) is 13.2. The molecule has 0 heterocycles. The Hall–Kier alpha value is -2.24. The Morgan fingerprint density at radius 3 is 2.35 bits per heavy atom. The summed E-state index contributed by atoms with van der Waals surface area (Å²) in [5.41, 5.74) is 0.583.